The molecule has 132 valence electrons. The van der Waals surface area contributed by atoms with Gasteiger partial charge in [-0.25, -0.2) is 14.4 Å². The molecule has 0 aliphatic heterocycles. The summed E-state index contributed by atoms with van der Waals surface area (Å²) in [5, 5.41) is 7.89. The largest absolute Gasteiger partial charge is 0.478 e. The van der Waals surface area contributed by atoms with Crippen LogP contribution in [-0.2, 0) is 33.4 Å². The summed E-state index contributed by atoms with van der Waals surface area (Å²) in [7, 11) is 2.52. The lowest BCUT2D eigenvalue weighted by Crippen LogP contribution is -2.15. The van der Waals surface area contributed by atoms with Crippen molar-refractivity contribution >= 4 is 35.5 Å². The maximum Gasteiger partial charge on any atom is 0.344 e. The van der Waals surface area contributed by atoms with Crippen molar-refractivity contribution < 1.29 is 38.5 Å². The Kier molecular flexibility index (Phi) is 17.8. The number of carboxylic acid groups (broad SMARTS) is 1. The van der Waals surface area contributed by atoms with Crippen LogP contribution in [0.1, 0.15) is 13.8 Å². The van der Waals surface area contributed by atoms with Crippen LogP contribution in [0.15, 0.2) is 24.3 Å². The van der Waals surface area contributed by atoms with Crippen molar-refractivity contribution in [1.82, 2.24) is 0 Å². The van der Waals surface area contributed by atoms with Crippen molar-refractivity contribution in [3.63, 3.8) is 0 Å². The fraction of sp³-hybridized carbons (Fsp3) is 0.429. The van der Waals surface area contributed by atoms with E-state index in [4.69, 9.17) is 16.7 Å². The van der Waals surface area contributed by atoms with E-state index in [-0.39, 0.29) is 23.6 Å². The summed E-state index contributed by atoms with van der Waals surface area (Å²) in [6.45, 7) is 9.07. The average molecular weight is 353 g/mol. The Morgan fingerprint density at radius 3 is 1.52 bits per heavy atom. The van der Waals surface area contributed by atoms with Crippen LogP contribution in [0, 0.1) is 0 Å². The highest BCUT2D eigenvalue weighted by atomic mass is 35.5. The van der Waals surface area contributed by atoms with Gasteiger partial charge in [0.1, 0.15) is 5.88 Å². The van der Waals surface area contributed by atoms with E-state index in [9.17, 15) is 19.2 Å². The Hall–Kier alpha value is -2.35. The zero-order valence-corrected chi connectivity index (χ0v) is 14.3. The van der Waals surface area contributed by atoms with E-state index in [1.54, 1.807) is 0 Å². The van der Waals surface area contributed by atoms with Crippen LogP contribution in [0.2, 0.25) is 0 Å². The molecule has 1 N–H and O–H groups in total. The number of carbonyl (C=O) groups is 4. The van der Waals surface area contributed by atoms with Gasteiger partial charge in [-0.05, 0) is 13.8 Å². The molecule has 0 saturated carbocycles. The van der Waals surface area contributed by atoms with Gasteiger partial charge in [-0.2, -0.15) is 0 Å². The molecule has 0 aromatic rings. The molecule has 0 fully saturated rings. The normalized spacial score (nSPS) is 8.04. The molecule has 0 bridgehead atoms. The van der Waals surface area contributed by atoms with Crippen LogP contribution in [0.5, 0.6) is 0 Å². The SMILES string of the molecule is C=C(C)C(=O)O.C=C(C)C(=O)OCC(=O)OC.COC(=O)CCl. The number of alkyl halides is 1. The molecule has 8 nitrogen and oxygen atoms in total. The molecule has 0 spiro atoms. The number of methoxy groups -OCH3 is 2. The monoisotopic (exact) mass is 352 g/mol. The van der Waals surface area contributed by atoms with E-state index in [1.165, 1.54) is 28.1 Å². The molecule has 0 amide bonds. The number of esters is 3. The van der Waals surface area contributed by atoms with Gasteiger partial charge in [0.2, 0.25) is 0 Å². The average Bonchev–Trinajstić information content (AvgIpc) is 2.52. The Labute approximate surface area is 139 Å². The molecule has 0 atom stereocenters. The quantitative estimate of drug-likeness (QED) is 0.341. The topological polar surface area (TPSA) is 116 Å². The minimum absolute atomic E-state index is 0.0590. The summed E-state index contributed by atoms with van der Waals surface area (Å²) >= 11 is 4.98. The van der Waals surface area contributed by atoms with Crippen molar-refractivity contribution in [3.05, 3.63) is 24.3 Å². The van der Waals surface area contributed by atoms with Gasteiger partial charge >= 0.3 is 23.9 Å². The van der Waals surface area contributed by atoms with Crippen LogP contribution < -0.4 is 0 Å². The number of rotatable bonds is 5. The minimum atomic E-state index is -0.935. The van der Waals surface area contributed by atoms with E-state index in [1.807, 2.05) is 0 Å². The number of halogens is 1. The molecule has 0 saturated heterocycles. The van der Waals surface area contributed by atoms with Gasteiger partial charge in [-0.3, -0.25) is 4.79 Å². The number of carbonyl (C=O) groups excluding carboxylic acids is 3. The van der Waals surface area contributed by atoms with Crippen LogP contribution in [0.3, 0.4) is 0 Å². The first-order chi connectivity index (χ1) is 10.5. The second-order valence-electron chi connectivity index (χ2n) is 3.73. The van der Waals surface area contributed by atoms with Gasteiger partial charge < -0.3 is 19.3 Å². The van der Waals surface area contributed by atoms with Gasteiger partial charge in [0.15, 0.2) is 6.61 Å². The Bertz CT molecular complexity index is 424. The van der Waals surface area contributed by atoms with Gasteiger partial charge in [0.05, 0.1) is 14.2 Å². The molecule has 9 heteroatoms. The molecule has 0 aromatic heterocycles. The zero-order valence-electron chi connectivity index (χ0n) is 13.5. The molecule has 0 rings (SSSR count). The van der Waals surface area contributed by atoms with Crippen molar-refractivity contribution in [2.24, 2.45) is 0 Å². The fourth-order valence-corrected chi connectivity index (χ4v) is 0.470. The van der Waals surface area contributed by atoms with Crippen molar-refractivity contribution in [3.8, 4) is 0 Å². The highest BCUT2D eigenvalue weighted by Crippen LogP contribution is 1.91. The van der Waals surface area contributed by atoms with E-state index in [0.717, 1.165) is 0 Å². The van der Waals surface area contributed by atoms with E-state index >= 15 is 0 Å². The van der Waals surface area contributed by atoms with Gasteiger partial charge in [-0.1, -0.05) is 13.2 Å². The number of ether oxygens (including phenoxy) is 3. The number of hydrogen-bond acceptors (Lipinski definition) is 7. The van der Waals surface area contributed by atoms with Gasteiger partial charge in [-0.15, -0.1) is 11.6 Å². The zero-order chi connectivity index (χ0) is 19.0. The molecule has 23 heavy (non-hydrogen) atoms. The van der Waals surface area contributed by atoms with Crippen molar-refractivity contribution in [2.45, 2.75) is 13.8 Å². The first kappa shape index (κ1) is 25.6. The fourth-order valence-electron chi connectivity index (χ4n) is 0.361. The molecule has 0 radical (unpaired) electrons. The molecule has 0 heterocycles. The van der Waals surface area contributed by atoms with Crippen molar-refractivity contribution in [1.29, 1.82) is 0 Å². The second-order valence-corrected chi connectivity index (χ2v) is 4.00. The summed E-state index contributed by atoms with van der Waals surface area (Å²) in [5.74, 6) is -2.56. The lowest BCUT2D eigenvalue weighted by atomic mass is 10.4. The molecule has 0 aliphatic rings. The number of hydrogen-bond donors (Lipinski definition) is 1. The summed E-state index contributed by atoms with van der Waals surface area (Å²) < 4.78 is 12.8. The molecule has 0 unspecified atom stereocenters. The lowest BCUT2D eigenvalue weighted by Gasteiger charge is -2.01. The highest BCUT2D eigenvalue weighted by molar-refractivity contribution is 6.26. The maximum absolute atomic E-state index is 10.6. The first-order valence-corrected chi connectivity index (χ1v) is 6.47. The van der Waals surface area contributed by atoms with E-state index in [2.05, 4.69) is 27.4 Å². The number of aliphatic carboxylic acids is 1. The first-order valence-electron chi connectivity index (χ1n) is 5.94. The predicted octanol–water partition coefficient (Wildman–Crippen LogP) is 1.32. The van der Waals surface area contributed by atoms with Crippen LogP contribution in [0.4, 0.5) is 0 Å². The lowest BCUT2D eigenvalue weighted by molar-refractivity contribution is -0.154. The van der Waals surface area contributed by atoms with Crippen LogP contribution in [0.25, 0.3) is 0 Å². The summed E-state index contributed by atoms with van der Waals surface area (Å²) in [6, 6.07) is 0. The van der Waals surface area contributed by atoms with E-state index < -0.39 is 23.9 Å². The molecular weight excluding hydrogens is 332 g/mol. The van der Waals surface area contributed by atoms with Gasteiger partial charge in [0.25, 0.3) is 0 Å². The second kappa shape index (κ2) is 16.0. The van der Waals surface area contributed by atoms with Gasteiger partial charge in [0, 0.05) is 11.1 Å². The smallest absolute Gasteiger partial charge is 0.344 e. The third-order valence-electron chi connectivity index (χ3n) is 1.60. The standard InChI is InChI=1S/C7H10O4.C4H6O2.C3H5ClO2/c1-5(2)7(9)11-4-6(8)10-3;1-3(2)4(5)6;1-6-3(5)2-4/h1,4H2,2-3H3;1H2,2H3,(H,5,6);2H2,1H3. The van der Waals surface area contributed by atoms with Crippen molar-refractivity contribution in [2.75, 3.05) is 26.7 Å². The summed E-state index contributed by atoms with van der Waals surface area (Å²) in [4.78, 5) is 40.5. The Morgan fingerprint density at radius 1 is 0.957 bits per heavy atom. The third-order valence-corrected chi connectivity index (χ3v) is 1.82. The highest BCUT2D eigenvalue weighted by Gasteiger charge is 2.06. The van der Waals surface area contributed by atoms with E-state index in [0.29, 0.717) is 0 Å². The number of carboxylic acids is 1. The minimum Gasteiger partial charge on any atom is -0.478 e. The summed E-state index contributed by atoms with van der Waals surface area (Å²) in [6.07, 6.45) is 0. The molecular formula is C14H21ClO8. The summed E-state index contributed by atoms with van der Waals surface area (Å²) in [5.41, 5.74) is 0.434. The maximum atomic E-state index is 10.6. The Balaban J connectivity index is -0.000000284. The van der Waals surface area contributed by atoms with Crippen LogP contribution >= 0.6 is 11.6 Å². The predicted molar refractivity (Wildman–Crippen MR) is 83.0 cm³/mol. The van der Waals surface area contributed by atoms with Crippen LogP contribution in [-0.4, -0.2) is 55.7 Å². The molecule has 0 aliphatic carbocycles. The third kappa shape index (κ3) is 22.1. The Morgan fingerprint density at radius 2 is 1.35 bits per heavy atom. The molecule has 0 aromatic carbocycles.